The zero-order valence-electron chi connectivity index (χ0n) is 15.1. The Balaban J connectivity index is 0.00000312. The summed E-state index contributed by atoms with van der Waals surface area (Å²) in [6.07, 6.45) is 3.56. The molecule has 0 spiro atoms. The number of benzene rings is 1. The van der Waals surface area contributed by atoms with E-state index in [9.17, 15) is 0 Å². The van der Waals surface area contributed by atoms with Crippen LogP contribution in [-0.4, -0.2) is 56.7 Å². The van der Waals surface area contributed by atoms with Crippen LogP contribution in [0.5, 0.6) is 5.75 Å². The summed E-state index contributed by atoms with van der Waals surface area (Å²) in [6, 6.07) is 8.01. The van der Waals surface area contributed by atoms with E-state index in [1.807, 2.05) is 24.3 Å². The highest BCUT2D eigenvalue weighted by Gasteiger charge is 2.19. The number of hydrogen-bond donors (Lipinski definition) is 2. The van der Waals surface area contributed by atoms with Gasteiger partial charge in [0.1, 0.15) is 12.4 Å². The monoisotopic (exact) mass is 480 g/mol. The number of ether oxygens (including phenoxy) is 1. The smallest absolute Gasteiger partial charge is 0.191 e. The molecule has 1 saturated heterocycles. The predicted molar refractivity (Wildman–Crippen MR) is 117 cm³/mol. The number of guanidine groups is 1. The van der Waals surface area contributed by atoms with Gasteiger partial charge in [0.2, 0.25) is 0 Å². The molecule has 1 aromatic carbocycles. The zero-order valence-corrected chi connectivity index (χ0v) is 18.2. The van der Waals surface area contributed by atoms with E-state index in [2.05, 4.69) is 27.4 Å². The molecular formula is C18H30ClIN4O. The molecule has 1 heterocycles. The molecule has 0 unspecified atom stereocenters. The summed E-state index contributed by atoms with van der Waals surface area (Å²) in [7, 11) is 1.80. The topological polar surface area (TPSA) is 48.9 Å². The van der Waals surface area contributed by atoms with Crippen LogP contribution < -0.4 is 15.4 Å². The molecule has 1 fully saturated rings. The first kappa shape index (κ1) is 22.3. The minimum absolute atomic E-state index is 0. The summed E-state index contributed by atoms with van der Waals surface area (Å²) in [4.78, 5) is 6.83. The van der Waals surface area contributed by atoms with Crippen LogP contribution in [0, 0.1) is 0 Å². The lowest BCUT2D eigenvalue weighted by atomic mass is 10.1. The largest absolute Gasteiger partial charge is 0.490 e. The van der Waals surface area contributed by atoms with E-state index >= 15 is 0 Å². The Kier molecular flexibility index (Phi) is 11.2. The molecule has 1 aliphatic rings. The lowest BCUT2D eigenvalue weighted by Gasteiger charge is -2.32. The molecule has 5 nitrogen and oxygen atoms in total. The van der Waals surface area contributed by atoms with E-state index in [1.54, 1.807) is 7.05 Å². The van der Waals surface area contributed by atoms with Crippen LogP contribution in [0.1, 0.15) is 26.2 Å². The summed E-state index contributed by atoms with van der Waals surface area (Å²) in [5.74, 6) is 1.55. The standard InChI is InChI=1S/C18H29ClN4O.HI/c1-3-11-23-12-8-15(9-13-23)22-18(20-2)21-10-14-24-17-7-5-4-6-16(17)19;/h4-7,15H,3,8-14H2,1-2H3,(H2,20,21,22);1H. The molecule has 0 radical (unpaired) electrons. The zero-order chi connectivity index (χ0) is 17.2. The van der Waals surface area contributed by atoms with Crippen LogP contribution in [-0.2, 0) is 0 Å². The Bertz CT molecular complexity index is 522. The van der Waals surface area contributed by atoms with Gasteiger partial charge in [-0.2, -0.15) is 0 Å². The second-order valence-corrected chi connectivity index (χ2v) is 6.45. The lowest BCUT2D eigenvalue weighted by Crippen LogP contribution is -2.49. The van der Waals surface area contributed by atoms with Crippen molar-refractivity contribution < 1.29 is 4.74 Å². The number of nitrogens with one attached hydrogen (secondary N) is 2. The molecule has 0 bridgehead atoms. The van der Waals surface area contributed by atoms with E-state index in [-0.39, 0.29) is 24.0 Å². The second-order valence-electron chi connectivity index (χ2n) is 6.04. The summed E-state index contributed by atoms with van der Waals surface area (Å²) < 4.78 is 5.68. The molecule has 0 atom stereocenters. The van der Waals surface area contributed by atoms with E-state index in [0.717, 1.165) is 31.9 Å². The number of nitrogens with zero attached hydrogens (tertiary/aromatic N) is 2. The molecular weight excluding hydrogens is 451 g/mol. The van der Waals surface area contributed by atoms with Crippen molar-refractivity contribution in [2.75, 3.05) is 39.8 Å². The lowest BCUT2D eigenvalue weighted by molar-refractivity contribution is 0.206. The van der Waals surface area contributed by atoms with Crippen LogP contribution in [0.4, 0.5) is 0 Å². The highest BCUT2D eigenvalue weighted by atomic mass is 127. The fourth-order valence-electron chi connectivity index (χ4n) is 2.90. The van der Waals surface area contributed by atoms with Crippen molar-refractivity contribution in [1.82, 2.24) is 15.5 Å². The minimum Gasteiger partial charge on any atom is -0.490 e. The third-order valence-electron chi connectivity index (χ3n) is 4.18. The third kappa shape index (κ3) is 8.00. The maximum absolute atomic E-state index is 6.07. The van der Waals surface area contributed by atoms with Gasteiger partial charge in [-0.3, -0.25) is 4.99 Å². The molecule has 0 aliphatic carbocycles. The number of para-hydroxylation sites is 1. The first-order valence-corrected chi connectivity index (χ1v) is 9.17. The minimum atomic E-state index is 0. The van der Waals surface area contributed by atoms with Gasteiger partial charge in [0.25, 0.3) is 0 Å². The third-order valence-corrected chi connectivity index (χ3v) is 4.49. The molecule has 0 saturated carbocycles. The Morgan fingerprint density at radius 2 is 2.04 bits per heavy atom. The maximum atomic E-state index is 6.07. The number of rotatable bonds is 7. The van der Waals surface area contributed by atoms with Crippen LogP contribution >= 0.6 is 35.6 Å². The Hall–Kier alpha value is -0.730. The molecule has 1 aliphatic heterocycles. The van der Waals surface area contributed by atoms with E-state index in [4.69, 9.17) is 16.3 Å². The van der Waals surface area contributed by atoms with Gasteiger partial charge in [-0.15, -0.1) is 24.0 Å². The average Bonchev–Trinajstić information content (AvgIpc) is 2.61. The number of likely N-dealkylation sites (tertiary alicyclic amines) is 1. The van der Waals surface area contributed by atoms with E-state index in [1.165, 1.54) is 13.0 Å². The fourth-order valence-corrected chi connectivity index (χ4v) is 3.09. The van der Waals surface area contributed by atoms with Gasteiger partial charge < -0.3 is 20.3 Å². The van der Waals surface area contributed by atoms with Gasteiger partial charge in [0, 0.05) is 26.2 Å². The molecule has 0 amide bonds. The van der Waals surface area contributed by atoms with Crippen molar-refractivity contribution in [1.29, 1.82) is 0 Å². The van der Waals surface area contributed by atoms with Crippen LogP contribution in [0.15, 0.2) is 29.3 Å². The van der Waals surface area contributed by atoms with E-state index in [0.29, 0.717) is 30.0 Å². The Morgan fingerprint density at radius 3 is 2.68 bits per heavy atom. The first-order chi connectivity index (χ1) is 11.7. The number of aliphatic imine (C=N–C) groups is 1. The predicted octanol–water partition coefficient (Wildman–Crippen LogP) is 3.38. The van der Waals surface area contributed by atoms with Crippen LogP contribution in [0.2, 0.25) is 5.02 Å². The first-order valence-electron chi connectivity index (χ1n) is 8.79. The van der Waals surface area contributed by atoms with Gasteiger partial charge in [-0.25, -0.2) is 0 Å². The van der Waals surface area contributed by atoms with Crippen LogP contribution in [0.3, 0.4) is 0 Å². The summed E-state index contributed by atoms with van der Waals surface area (Å²) in [6.45, 7) is 7.00. The van der Waals surface area contributed by atoms with Gasteiger partial charge in [0.05, 0.1) is 11.6 Å². The second kappa shape index (κ2) is 12.6. The van der Waals surface area contributed by atoms with Gasteiger partial charge in [0.15, 0.2) is 5.96 Å². The molecule has 0 aromatic heterocycles. The molecule has 1 aromatic rings. The van der Waals surface area contributed by atoms with Crippen molar-refractivity contribution in [3.05, 3.63) is 29.3 Å². The number of hydrogen-bond acceptors (Lipinski definition) is 3. The van der Waals surface area contributed by atoms with Crippen LogP contribution in [0.25, 0.3) is 0 Å². The van der Waals surface area contributed by atoms with Gasteiger partial charge in [-0.05, 0) is 37.9 Å². The van der Waals surface area contributed by atoms with Gasteiger partial charge >= 0.3 is 0 Å². The quantitative estimate of drug-likeness (QED) is 0.272. The van der Waals surface area contributed by atoms with Crippen molar-refractivity contribution in [2.24, 2.45) is 4.99 Å². The Labute approximate surface area is 173 Å². The highest BCUT2D eigenvalue weighted by Crippen LogP contribution is 2.22. The van der Waals surface area contributed by atoms with E-state index < -0.39 is 0 Å². The number of piperidine rings is 1. The SMILES string of the molecule is CCCN1CCC(NC(=NC)NCCOc2ccccc2Cl)CC1.I. The van der Waals surface area contributed by atoms with Gasteiger partial charge in [-0.1, -0.05) is 30.7 Å². The van der Waals surface area contributed by atoms with Crippen molar-refractivity contribution in [2.45, 2.75) is 32.2 Å². The average molecular weight is 481 g/mol. The number of halogens is 2. The normalized spacial score (nSPS) is 16.2. The summed E-state index contributed by atoms with van der Waals surface area (Å²) in [5, 5.41) is 7.45. The fraction of sp³-hybridized carbons (Fsp3) is 0.611. The molecule has 25 heavy (non-hydrogen) atoms. The van der Waals surface area contributed by atoms with Crippen molar-refractivity contribution in [3.63, 3.8) is 0 Å². The molecule has 7 heteroatoms. The highest BCUT2D eigenvalue weighted by molar-refractivity contribution is 14.0. The van der Waals surface area contributed by atoms with Crippen molar-refractivity contribution in [3.8, 4) is 5.75 Å². The maximum Gasteiger partial charge on any atom is 0.191 e. The molecule has 142 valence electrons. The molecule has 2 N–H and O–H groups in total. The molecule has 2 rings (SSSR count). The summed E-state index contributed by atoms with van der Waals surface area (Å²) in [5.41, 5.74) is 0. The van der Waals surface area contributed by atoms with Crippen molar-refractivity contribution >= 4 is 41.5 Å². The Morgan fingerprint density at radius 1 is 1.32 bits per heavy atom. The summed E-state index contributed by atoms with van der Waals surface area (Å²) >= 11 is 6.07.